The molecule has 1 fully saturated rings. The van der Waals surface area contributed by atoms with Crippen LogP contribution in [0.25, 0.3) is 0 Å². The van der Waals surface area contributed by atoms with Gasteiger partial charge in [-0.1, -0.05) is 13.8 Å². The molecule has 0 bridgehead atoms. The van der Waals surface area contributed by atoms with E-state index in [1.54, 1.807) is 0 Å². The van der Waals surface area contributed by atoms with E-state index in [1.165, 1.54) is 0 Å². The number of hydrogen-bond donors (Lipinski definition) is 0. The van der Waals surface area contributed by atoms with Gasteiger partial charge in [-0.2, -0.15) is 5.26 Å². The minimum atomic E-state index is 0.0187. The Morgan fingerprint density at radius 2 is 2.15 bits per heavy atom. The van der Waals surface area contributed by atoms with Crippen molar-refractivity contribution < 1.29 is 4.74 Å². The molecular weight excluding hydrogens is 164 g/mol. The molecule has 1 aliphatic heterocycles. The van der Waals surface area contributed by atoms with Crippen LogP contribution >= 0.6 is 0 Å². The average molecular weight is 182 g/mol. The summed E-state index contributed by atoms with van der Waals surface area (Å²) in [6.45, 7) is 8.80. The van der Waals surface area contributed by atoms with Gasteiger partial charge in [0.1, 0.15) is 0 Å². The molecule has 2 atom stereocenters. The maximum Gasteiger partial charge on any atom is 0.0951 e. The van der Waals surface area contributed by atoms with Gasteiger partial charge in [0.15, 0.2) is 0 Å². The first-order valence-electron chi connectivity index (χ1n) is 4.90. The van der Waals surface area contributed by atoms with Crippen molar-refractivity contribution in [2.75, 3.05) is 19.7 Å². The summed E-state index contributed by atoms with van der Waals surface area (Å²) >= 11 is 0. The van der Waals surface area contributed by atoms with Crippen molar-refractivity contribution >= 4 is 0 Å². The van der Waals surface area contributed by atoms with Crippen LogP contribution in [0.2, 0.25) is 0 Å². The van der Waals surface area contributed by atoms with E-state index in [9.17, 15) is 0 Å². The molecule has 1 aliphatic rings. The Morgan fingerprint density at radius 3 is 2.69 bits per heavy atom. The third-order valence-corrected chi connectivity index (χ3v) is 2.60. The van der Waals surface area contributed by atoms with Crippen LogP contribution in [0, 0.1) is 17.2 Å². The van der Waals surface area contributed by atoms with Crippen molar-refractivity contribution in [3.8, 4) is 6.07 Å². The molecule has 13 heavy (non-hydrogen) atoms. The van der Waals surface area contributed by atoms with E-state index < -0.39 is 0 Å². The monoisotopic (exact) mass is 182 g/mol. The van der Waals surface area contributed by atoms with Crippen LogP contribution in [0.5, 0.6) is 0 Å². The fraction of sp³-hybridized carbons (Fsp3) is 0.900. The number of nitriles is 1. The summed E-state index contributed by atoms with van der Waals surface area (Å²) in [7, 11) is 0. The van der Waals surface area contributed by atoms with Crippen LogP contribution in [0.4, 0.5) is 0 Å². The van der Waals surface area contributed by atoms with Gasteiger partial charge in [-0.05, 0) is 12.8 Å². The summed E-state index contributed by atoms with van der Waals surface area (Å²) in [4.78, 5) is 2.19. The molecule has 0 N–H and O–H groups in total. The third kappa shape index (κ3) is 2.68. The highest BCUT2D eigenvalue weighted by atomic mass is 16.5. The van der Waals surface area contributed by atoms with Gasteiger partial charge in [-0.15, -0.1) is 0 Å². The minimum absolute atomic E-state index is 0.0187. The Bertz CT molecular complexity index is 198. The van der Waals surface area contributed by atoms with Crippen molar-refractivity contribution in [3.05, 3.63) is 0 Å². The Morgan fingerprint density at radius 1 is 1.46 bits per heavy atom. The second-order valence-corrected chi connectivity index (χ2v) is 3.95. The van der Waals surface area contributed by atoms with Gasteiger partial charge in [-0.25, -0.2) is 0 Å². The van der Waals surface area contributed by atoms with Gasteiger partial charge in [0.25, 0.3) is 0 Å². The SMILES string of the molecule is CC(C)C1CN(C(C)C#N)CCO1. The fourth-order valence-corrected chi connectivity index (χ4v) is 1.53. The van der Waals surface area contributed by atoms with Gasteiger partial charge in [0.05, 0.1) is 24.8 Å². The number of nitrogens with zero attached hydrogens (tertiary/aromatic N) is 2. The number of hydrogen-bond acceptors (Lipinski definition) is 3. The van der Waals surface area contributed by atoms with E-state index in [4.69, 9.17) is 10.00 Å². The summed E-state index contributed by atoms with van der Waals surface area (Å²) in [5, 5.41) is 8.78. The predicted molar refractivity (Wildman–Crippen MR) is 51.2 cm³/mol. The highest BCUT2D eigenvalue weighted by Gasteiger charge is 2.25. The lowest BCUT2D eigenvalue weighted by molar-refractivity contribution is -0.0554. The molecule has 74 valence electrons. The summed E-state index contributed by atoms with van der Waals surface area (Å²) < 4.78 is 5.61. The molecule has 0 aliphatic carbocycles. The van der Waals surface area contributed by atoms with Crippen LogP contribution in [0.15, 0.2) is 0 Å². The third-order valence-electron chi connectivity index (χ3n) is 2.60. The molecule has 3 heteroatoms. The molecule has 0 aromatic heterocycles. The minimum Gasteiger partial charge on any atom is -0.375 e. The van der Waals surface area contributed by atoms with Crippen molar-refractivity contribution in [2.45, 2.75) is 32.9 Å². The van der Waals surface area contributed by atoms with Crippen LogP contribution in [0.1, 0.15) is 20.8 Å². The second-order valence-electron chi connectivity index (χ2n) is 3.95. The molecular formula is C10H18N2O. The summed E-state index contributed by atoms with van der Waals surface area (Å²) in [6, 6.07) is 2.28. The van der Waals surface area contributed by atoms with Crippen molar-refractivity contribution in [1.29, 1.82) is 5.26 Å². The zero-order valence-electron chi connectivity index (χ0n) is 8.66. The van der Waals surface area contributed by atoms with E-state index in [0.717, 1.165) is 19.7 Å². The fourth-order valence-electron chi connectivity index (χ4n) is 1.53. The lowest BCUT2D eigenvalue weighted by Crippen LogP contribution is -2.47. The quantitative estimate of drug-likeness (QED) is 0.645. The Labute approximate surface area is 80.3 Å². The predicted octanol–water partition coefficient (Wildman–Crippen LogP) is 1.26. The first-order valence-corrected chi connectivity index (χ1v) is 4.90. The number of ether oxygens (including phenoxy) is 1. The van der Waals surface area contributed by atoms with E-state index in [1.807, 2.05) is 6.92 Å². The summed E-state index contributed by atoms with van der Waals surface area (Å²) in [6.07, 6.45) is 0.296. The van der Waals surface area contributed by atoms with E-state index in [2.05, 4.69) is 24.8 Å². The van der Waals surface area contributed by atoms with Gasteiger partial charge in [0, 0.05) is 13.1 Å². The van der Waals surface area contributed by atoms with Gasteiger partial charge in [0.2, 0.25) is 0 Å². The smallest absolute Gasteiger partial charge is 0.0951 e. The van der Waals surface area contributed by atoms with E-state index >= 15 is 0 Å². The van der Waals surface area contributed by atoms with Crippen LogP contribution in [-0.4, -0.2) is 36.7 Å². The van der Waals surface area contributed by atoms with Gasteiger partial charge >= 0.3 is 0 Å². The van der Waals surface area contributed by atoms with Crippen molar-refractivity contribution in [3.63, 3.8) is 0 Å². The largest absolute Gasteiger partial charge is 0.375 e. The van der Waals surface area contributed by atoms with E-state index in [-0.39, 0.29) is 6.04 Å². The topological polar surface area (TPSA) is 36.3 Å². The van der Waals surface area contributed by atoms with Crippen LogP contribution < -0.4 is 0 Å². The molecule has 1 saturated heterocycles. The molecule has 0 radical (unpaired) electrons. The average Bonchev–Trinajstić information content (AvgIpc) is 2.17. The number of morpholine rings is 1. The maximum absolute atomic E-state index is 8.78. The molecule has 0 saturated carbocycles. The standard InChI is InChI=1S/C10H18N2O/c1-8(2)10-7-12(4-5-13-10)9(3)6-11/h8-10H,4-5,7H2,1-3H3. The van der Waals surface area contributed by atoms with Crippen molar-refractivity contribution in [2.24, 2.45) is 5.92 Å². The first kappa shape index (κ1) is 10.5. The normalized spacial score (nSPS) is 27.2. The number of rotatable bonds is 2. The zero-order valence-corrected chi connectivity index (χ0v) is 8.66. The lowest BCUT2D eigenvalue weighted by Gasteiger charge is -2.36. The molecule has 1 rings (SSSR count). The lowest BCUT2D eigenvalue weighted by atomic mass is 10.1. The van der Waals surface area contributed by atoms with Crippen LogP contribution in [0.3, 0.4) is 0 Å². The molecule has 0 amide bonds. The Balaban J connectivity index is 2.47. The molecule has 1 heterocycles. The van der Waals surface area contributed by atoms with Gasteiger partial charge < -0.3 is 4.74 Å². The van der Waals surface area contributed by atoms with Gasteiger partial charge in [-0.3, -0.25) is 4.90 Å². The zero-order chi connectivity index (χ0) is 9.84. The summed E-state index contributed by atoms with van der Waals surface area (Å²) in [5.74, 6) is 0.536. The van der Waals surface area contributed by atoms with Crippen molar-refractivity contribution in [1.82, 2.24) is 4.90 Å². The van der Waals surface area contributed by atoms with E-state index in [0.29, 0.717) is 12.0 Å². The Hall–Kier alpha value is -0.590. The molecule has 0 aromatic rings. The second kappa shape index (κ2) is 4.59. The maximum atomic E-state index is 8.78. The molecule has 2 unspecified atom stereocenters. The molecule has 0 aromatic carbocycles. The highest BCUT2D eigenvalue weighted by Crippen LogP contribution is 2.14. The first-order chi connectivity index (χ1) is 6.15. The summed E-state index contributed by atoms with van der Waals surface area (Å²) in [5.41, 5.74) is 0. The highest BCUT2D eigenvalue weighted by molar-refractivity contribution is 4.90. The molecule has 3 nitrogen and oxygen atoms in total. The molecule has 0 spiro atoms. The Kier molecular flexibility index (Phi) is 3.71. The van der Waals surface area contributed by atoms with Crippen LogP contribution in [-0.2, 0) is 4.74 Å².